The molecule has 8 heteroatoms. The standard InChI is InChI=1S/C19H14N4O2S2/c1-2-9-23-17(25)12-8-7-11(10-14(12)21-19(23)26)16(24)22-18-20-13-5-3-4-6-15(13)27-18/h2-8,10H,1,9H2,(H,21,26)(H,20,22,24). The lowest BCUT2D eigenvalue weighted by Gasteiger charge is -2.07. The highest BCUT2D eigenvalue weighted by Gasteiger charge is 2.12. The molecule has 0 saturated carbocycles. The molecule has 2 heterocycles. The van der Waals surface area contributed by atoms with Crippen LogP contribution in [0.4, 0.5) is 5.13 Å². The summed E-state index contributed by atoms with van der Waals surface area (Å²) in [6, 6.07) is 12.5. The van der Waals surface area contributed by atoms with Gasteiger partial charge in [-0.1, -0.05) is 29.5 Å². The van der Waals surface area contributed by atoms with Crippen molar-refractivity contribution in [1.29, 1.82) is 0 Å². The van der Waals surface area contributed by atoms with Gasteiger partial charge in [0.25, 0.3) is 11.5 Å². The van der Waals surface area contributed by atoms with Crippen LogP contribution in [0.15, 0.2) is 59.9 Å². The molecule has 2 aromatic carbocycles. The molecule has 0 radical (unpaired) electrons. The Labute approximate surface area is 162 Å². The first-order valence-electron chi connectivity index (χ1n) is 8.11. The Morgan fingerprint density at radius 2 is 2.15 bits per heavy atom. The minimum absolute atomic E-state index is 0.216. The number of anilines is 1. The molecular weight excluding hydrogens is 380 g/mol. The van der Waals surface area contributed by atoms with Crippen molar-refractivity contribution in [2.45, 2.75) is 6.54 Å². The predicted molar refractivity (Wildman–Crippen MR) is 111 cm³/mol. The monoisotopic (exact) mass is 394 g/mol. The molecule has 0 aliphatic carbocycles. The number of hydrogen-bond donors (Lipinski definition) is 2. The molecule has 0 atom stereocenters. The molecule has 134 valence electrons. The van der Waals surface area contributed by atoms with E-state index in [2.05, 4.69) is 21.9 Å². The van der Waals surface area contributed by atoms with Crippen molar-refractivity contribution in [3.63, 3.8) is 0 Å². The molecule has 0 fully saturated rings. The van der Waals surface area contributed by atoms with Gasteiger partial charge in [0.05, 0.1) is 21.1 Å². The third-order valence-corrected chi connectivity index (χ3v) is 5.34. The van der Waals surface area contributed by atoms with Gasteiger partial charge >= 0.3 is 0 Å². The highest BCUT2D eigenvalue weighted by Crippen LogP contribution is 2.25. The highest BCUT2D eigenvalue weighted by atomic mass is 32.1. The van der Waals surface area contributed by atoms with Crippen LogP contribution in [0.25, 0.3) is 21.1 Å². The fourth-order valence-corrected chi connectivity index (χ4v) is 3.91. The molecule has 0 unspecified atom stereocenters. The van der Waals surface area contributed by atoms with Gasteiger partial charge in [-0.05, 0) is 42.5 Å². The Morgan fingerprint density at radius 3 is 2.93 bits per heavy atom. The van der Waals surface area contributed by atoms with Crippen molar-refractivity contribution in [2.75, 3.05) is 5.32 Å². The van der Waals surface area contributed by atoms with Gasteiger partial charge in [-0.25, -0.2) is 4.98 Å². The second-order valence-electron chi connectivity index (χ2n) is 5.84. The summed E-state index contributed by atoms with van der Waals surface area (Å²) in [5.41, 5.74) is 1.55. The fourth-order valence-electron chi connectivity index (χ4n) is 2.79. The smallest absolute Gasteiger partial charge is 0.262 e. The molecule has 2 N–H and O–H groups in total. The van der Waals surface area contributed by atoms with Crippen LogP contribution in [0, 0.1) is 4.77 Å². The van der Waals surface area contributed by atoms with Crippen LogP contribution in [0.2, 0.25) is 0 Å². The van der Waals surface area contributed by atoms with Crippen LogP contribution in [-0.2, 0) is 6.54 Å². The number of carbonyl (C=O) groups is 1. The summed E-state index contributed by atoms with van der Waals surface area (Å²) in [7, 11) is 0. The molecule has 0 spiro atoms. The van der Waals surface area contributed by atoms with E-state index >= 15 is 0 Å². The Balaban J connectivity index is 1.69. The lowest BCUT2D eigenvalue weighted by atomic mass is 10.1. The maximum absolute atomic E-state index is 12.6. The Hall–Kier alpha value is -3.10. The number of carbonyl (C=O) groups excluding carboxylic acids is 1. The summed E-state index contributed by atoms with van der Waals surface area (Å²) in [6.45, 7) is 3.96. The number of hydrogen-bond acceptors (Lipinski definition) is 5. The van der Waals surface area contributed by atoms with Crippen LogP contribution in [-0.4, -0.2) is 20.4 Å². The van der Waals surface area contributed by atoms with Gasteiger partial charge in [0, 0.05) is 12.1 Å². The molecule has 0 aliphatic rings. The van der Waals surface area contributed by atoms with E-state index in [0.29, 0.717) is 28.1 Å². The van der Waals surface area contributed by atoms with Gasteiger partial charge in [-0.3, -0.25) is 19.5 Å². The van der Waals surface area contributed by atoms with Crippen molar-refractivity contribution < 1.29 is 4.79 Å². The third kappa shape index (κ3) is 3.20. The molecule has 6 nitrogen and oxygen atoms in total. The number of rotatable bonds is 4. The van der Waals surface area contributed by atoms with Crippen LogP contribution >= 0.6 is 23.6 Å². The van der Waals surface area contributed by atoms with Crippen molar-refractivity contribution in [3.05, 3.63) is 75.8 Å². The summed E-state index contributed by atoms with van der Waals surface area (Å²) < 4.78 is 2.71. The topological polar surface area (TPSA) is 79.8 Å². The first-order chi connectivity index (χ1) is 13.1. The Kier molecular flexibility index (Phi) is 4.43. The maximum atomic E-state index is 12.6. The Morgan fingerprint density at radius 1 is 1.33 bits per heavy atom. The number of nitrogens with zero attached hydrogens (tertiary/aromatic N) is 2. The number of H-pyrrole nitrogens is 1. The maximum Gasteiger partial charge on any atom is 0.262 e. The number of fused-ring (bicyclic) bond motifs is 2. The number of thiazole rings is 1. The van der Waals surface area contributed by atoms with Gasteiger partial charge in [-0.2, -0.15) is 0 Å². The van der Waals surface area contributed by atoms with E-state index in [9.17, 15) is 9.59 Å². The summed E-state index contributed by atoms with van der Waals surface area (Å²) in [4.78, 5) is 32.5. The first-order valence-corrected chi connectivity index (χ1v) is 9.34. The van der Waals surface area contributed by atoms with E-state index < -0.39 is 0 Å². The zero-order chi connectivity index (χ0) is 19.0. The van der Waals surface area contributed by atoms with Crippen LogP contribution < -0.4 is 10.9 Å². The van der Waals surface area contributed by atoms with E-state index in [0.717, 1.165) is 10.2 Å². The van der Waals surface area contributed by atoms with Crippen molar-refractivity contribution in [2.24, 2.45) is 0 Å². The lowest BCUT2D eigenvalue weighted by molar-refractivity contribution is 0.102. The van der Waals surface area contributed by atoms with Gasteiger partial charge in [0.15, 0.2) is 9.90 Å². The van der Waals surface area contributed by atoms with Gasteiger partial charge < -0.3 is 4.98 Å². The number of allylic oxidation sites excluding steroid dienone is 1. The minimum atomic E-state index is -0.300. The highest BCUT2D eigenvalue weighted by molar-refractivity contribution is 7.71. The number of amides is 1. The largest absolute Gasteiger partial charge is 0.332 e. The number of aromatic nitrogens is 3. The molecule has 27 heavy (non-hydrogen) atoms. The molecule has 4 rings (SSSR count). The van der Waals surface area contributed by atoms with E-state index in [1.165, 1.54) is 15.9 Å². The predicted octanol–water partition coefficient (Wildman–Crippen LogP) is 4.11. The summed E-state index contributed by atoms with van der Waals surface area (Å²) >= 11 is 6.64. The number of nitrogens with one attached hydrogen (secondary N) is 2. The summed E-state index contributed by atoms with van der Waals surface area (Å²) in [5.74, 6) is -0.300. The van der Waals surface area contributed by atoms with E-state index in [-0.39, 0.29) is 16.2 Å². The van der Waals surface area contributed by atoms with E-state index in [1.807, 2.05) is 24.3 Å². The molecule has 1 amide bonds. The molecule has 0 aliphatic heterocycles. The molecule has 2 aromatic heterocycles. The number of aromatic amines is 1. The molecular formula is C19H14N4O2S2. The quantitative estimate of drug-likeness (QED) is 0.403. The lowest BCUT2D eigenvalue weighted by Crippen LogP contribution is -2.22. The van der Waals surface area contributed by atoms with Crippen molar-refractivity contribution in [3.8, 4) is 0 Å². The second-order valence-corrected chi connectivity index (χ2v) is 7.25. The summed E-state index contributed by atoms with van der Waals surface area (Å²) in [5, 5.41) is 3.79. The van der Waals surface area contributed by atoms with Crippen molar-refractivity contribution in [1.82, 2.24) is 14.5 Å². The normalized spacial score (nSPS) is 11.0. The van der Waals surface area contributed by atoms with Crippen molar-refractivity contribution >= 4 is 55.7 Å². The zero-order valence-electron chi connectivity index (χ0n) is 14.1. The molecule has 4 aromatic rings. The third-order valence-electron chi connectivity index (χ3n) is 4.07. The average molecular weight is 394 g/mol. The summed E-state index contributed by atoms with van der Waals surface area (Å²) in [6.07, 6.45) is 1.61. The first kappa shape index (κ1) is 17.3. The van der Waals surface area contributed by atoms with E-state index in [1.54, 1.807) is 24.3 Å². The van der Waals surface area contributed by atoms with Gasteiger partial charge in [0.2, 0.25) is 0 Å². The average Bonchev–Trinajstić information content (AvgIpc) is 3.07. The minimum Gasteiger partial charge on any atom is -0.332 e. The van der Waals surface area contributed by atoms with Crippen LogP contribution in [0.3, 0.4) is 0 Å². The molecule has 0 saturated heterocycles. The van der Waals surface area contributed by atoms with Crippen LogP contribution in [0.1, 0.15) is 10.4 Å². The van der Waals surface area contributed by atoms with Gasteiger partial charge in [-0.15, -0.1) is 6.58 Å². The number of para-hydroxylation sites is 1. The molecule has 0 bridgehead atoms. The number of benzene rings is 2. The SMILES string of the molecule is C=CCn1c(=S)[nH]c2cc(C(=O)Nc3nc4ccccc4s3)ccc2c1=O. The van der Waals surface area contributed by atoms with E-state index in [4.69, 9.17) is 12.2 Å². The Bertz CT molecular complexity index is 1280. The van der Waals surface area contributed by atoms with Crippen LogP contribution in [0.5, 0.6) is 0 Å². The fraction of sp³-hybridized carbons (Fsp3) is 0.0526. The van der Waals surface area contributed by atoms with Gasteiger partial charge in [0.1, 0.15) is 0 Å². The second kappa shape index (κ2) is 6.90. The zero-order valence-corrected chi connectivity index (χ0v) is 15.7.